The fraction of sp³-hybridized carbons (Fsp3) is 0.545. The van der Waals surface area contributed by atoms with Gasteiger partial charge in [0.05, 0.1) is 24.8 Å². The van der Waals surface area contributed by atoms with Crippen LogP contribution in [0.15, 0.2) is 17.1 Å². The summed E-state index contributed by atoms with van der Waals surface area (Å²) in [6, 6.07) is 1.53. The van der Waals surface area contributed by atoms with Crippen LogP contribution in [0, 0.1) is 0 Å². The highest BCUT2D eigenvalue weighted by Crippen LogP contribution is 2.16. The number of carboxylic acids is 1. The van der Waals surface area contributed by atoms with Crippen molar-refractivity contribution in [3.05, 3.63) is 22.6 Å². The molecule has 1 fully saturated rings. The zero-order chi connectivity index (χ0) is 12.3. The Morgan fingerprint density at radius 2 is 2.12 bits per heavy atom. The minimum atomic E-state index is -0.928. The number of anilines is 1. The van der Waals surface area contributed by atoms with Crippen LogP contribution in [0.2, 0.25) is 0 Å². The normalized spacial score (nSPS) is 15.2. The van der Waals surface area contributed by atoms with Gasteiger partial charge >= 0.3 is 5.97 Å². The van der Waals surface area contributed by atoms with Gasteiger partial charge in [-0.15, -0.1) is 0 Å². The fourth-order valence-corrected chi connectivity index (χ4v) is 1.94. The van der Waals surface area contributed by atoms with Crippen molar-refractivity contribution in [1.29, 1.82) is 0 Å². The lowest BCUT2D eigenvalue weighted by atomic mass is 10.4. The molecule has 0 aromatic carbocycles. The van der Waals surface area contributed by atoms with E-state index in [0.717, 1.165) is 31.6 Å². The van der Waals surface area contributed by atoms with Gasteiger partial charge in [-0.25, -0.2) is 4.68 Å². The molecule has 0 amide bonds. The Kier molecular flexibility index (Phi) is 3.41. The molecule has 0 atom stereocenters. The lowest BCUT2D eigenvalue weighted by molar-refractivity contribution is -0.137. The second-order valence-electron chi connectivity index (χ2n) is 4.11. The average molecular weight is 237 g/mol. The minimum absolute atomic E-state index is 0.0873. The van der Waals surface area contributed by atoms with Crippen molar-refractivity contribution >= 4 is 11.7 Å². The summed E-state index contributed by atoms with van der Waals surface area (Å²) in [4.78, 5) is 24.2. The first-order chi connectivity index (χ1) is 8.16. The maximum Gasteiger partial charge on any atom is 0.305 e. The number of aliphatic carboxylic acids is 1. The molecule has 0 radical (unpaired) electrons. The van der Waals surface area contributed by atoms with Crippen LogP contribution in [0.3, 0.4) is 0 Å². The van der Waals surface area contributed by atoms with E-state index in [9.17, 15) is 9.59 Å². The lowest BCUT2D eigenvalue weighted by Crippen LogP contribution is -2.26. The van der Waals surface area contributed by atoms with Crippen LogP contribution >= 0.6 is 0 Å². The van der Waals surface area contributed by atoms with Gasteiger partial charge in [-0.1, -0.05) is 0 Å². The zero-order valence-electron chi connectivity index (χ0n) is 9.50. The van der Waals surface area contributed by atoms with Gasteiger partial charge in [0.2, 0.25) is 0 Å². The van der Waals surface area contributed by atoms with Crippen LogP contribution in [-0.4, -0.2) is 33.9 Å². The van der Waals surface area contributed by atoms with Crippen molar-refractivity contribution in [3.8, 4) is 0 Å². The van der Waals surface area contributed by atoms with Gasteiger partial charge in [-0.3, -0.25) is 9.59 Å². The van der Waals surface area contributed by atoms with E-state index >= 15 is 0 Å². The van der Waals surface area contributed by atoms with E-state index in [4.69, 9.17) is 5.11 Å². The van der Waals surface area contributed by atoms with E-state index < -0.39 is 5.97 Å². The molecule has 2 rings (SSSR count). The van der Waals surface area contributed by atoms with Crippen LogP contribution in [0.4, 0.5) is 5.69 Å². The van der Waals surface area contributed by atoms with Gasteiger partial charge in [0.25, 0.3) is 5.56 Å². The van der Waals surface area contributed by atoms with E-state index in [1.54, 1.807) is 6.20 Å². The first-order valence-electron chi connectivity index (χ1n) is 5.71. The molecule has 1 saturated heterocycles. The molecule has 0 unspecified atom stereocenters. The molecule has 0 saturated carbocycles. The maximum atomic E-state index is 11.7. The molecule has 92 valence electrons. The SMILES string of the molecule is O=C(O)CCn1ncc(N2CCCC2)cc1=O. The number of nitrogens with zero attached hydrogens (tertiary/aromatic N) is 3. The monoisotopic (exact) mass is 237 g/mol. The third-order valence-electron chi connectivity index (χ3n) is 2.86. The van der Waals surface area contributed by atoms with Crippen molar-refractivity contribution in [2.75, 3.05) is 18.0 Å². The standard InChI is InChI=1S/C11H15N3O3/c15-10-7-9(13-4-1-2-5-13)8-12-14(10)6-3-11(16)17/h7-8H,1-6H2,(H,16,17). The first kappa shape index (κ1) is 11.6. The quantitative estimate of drug-likeness (QED) is 0.816. The molecule has 6 heteroatoms. The van der Waals surface area contributed by atoms with Crippen molar-refractivity contribution in [2.24, 2.45) is 0 Å². The van der Waals surface area contributed by atoms with Crippen LogP contribution in [-0.2, 0) is 11.3 Å². The predicted molar refractivity (Wildman–Crippen MR) is 62.2 cm³/mol. The fourth-order valence-electron chi connectivity index (χ4n) is 1.94. The number of rotatable bonds is 4. The molecule has 1 N–H and O–H groups in total. The van der Waals surface area contributed by atoms with E-state index in [1.807, 2.05) is 0 Å². The molecule has 6 nitrogen and oxygen atoms in total. The third kappa shape index (κ3) is 2.83. The Balaban J connectivity index is 2.11. The van der Waals surface area contributed by atoms with Gasteiger partial charge < -0.3 is 10.0 Å². The molecule has 1 aromatic heterocycles. The summed E-state index contributed by atoms with van der Waals surface area (Å²) in [7, 11) is 0. The summed E-state index contributed by atoms with van der Waals surface area (Å²) in [6.45, 7) is 2.04. The third-order valence-corrected chi connectivity index (χ3v) is 2.86. The van der Waals surface area contributed by atoms with Crippen molar-refractivity contribution in [1.82, 2.24) is 9.78 Å². The molecular weight excluding hydrogens is 222 g/mol. The average Bonchev–Trinajstić information content (AvgIpc) is 2.80. The van der Waals surface area contributed by atoms with Gasteiger partial charge in [0.1, 0.15) is 0 Å². The van der Waals surface area contributed by atoms with Crippen molar-refractivity contribution in [3.63, 3.8) is 0 Å². The highest BCUT2D eigenvalue weighted by atomic mass is 16.4. The largest absolute Gasteiger partial charge is 0.481 e. The van der Waals surface area contributed by atoms with Gasteiger partial charge in [-0.05, 0) is 12.8 Å². The summed E-state index contributed by atoms with van der Waals surface area (Å²) >= 11 is 0. The molecule has 17 heavy (non-hydrogen) atoms. The topological polar surface area (TPSA) is 75.4 Å². The van der Waals surface area contributed by atoms with Gasteiger partial charge in [0.15, 0.2) is 0 Å². The van der Waals surface area contributed by atoms with Crippen LogP contribution < -0.4 is 10.5 Å². The summed E-state index contributed by atoms with van der Waals surface area (Å²) in [5.74, 6) is -0.928. The Labute approximate surface area is 98.5 Å². The number of aromatic nitrogens is 2. The zero-order valence-corrected chi connectivity index (χ0v) is 9.50. The first-order valence-corrected chi connectivity index (χ1v) is 5.71. The Morgan fingerprint density at radius 3 is 2.71 bits per heavy atom. The number of aryl methyl sites for hydroxylation is 1. The van der Waals surface area contributed by atoms with Crippen LogP contribution in [0.5, 0.6) is 0 Å². The Morgan fingerprint density at radius 1 is 1.41 bits per heavy atom. The summed E-state index contributed by atoms with van der Waals surface area (Å²) in [5.41, 5.74) is 0.592. The Bertz CT molecular complexity index is 463. The van der Waals surface area contributed by atoms with Crippen LogP contribution in [0.1, 0.15) is 19.3 Å². The molecular formula is C11H15N3O3. The number of hydrogen-bond donors (Lipinski definition) is 1. The number of carbonyl (C=O) groups is 1. The number of carboxylic acid groups (broad SMARTS) is 1. The molecule has 0 spiro atoms. The minimum Gasteiger partial charge on any atom is -0.481 e. The van der Waals surface area contributed by atoms with E-state index in [1.165, 1.54) is 10.7 Å². The summed E-state index contributed by atoms with van der Waals surface area (Å²) < 4.78 is 1.19. The second kappa shape index (κ2) is 4.99. The van der Waals surface area contributed by atoms with Crippen LogP contribution in [0.25, 0.3) is 0 Å². The molecule has 0 aliphatic carbocycles. The number of hydrogen-bond acceptors (Lipinski definition) is 4. The molecule has 2 heterocycles. The molecule has 0 bridgehead atoms. The summed E-state index contributed by atoms with van der Waals surface area (Å²) in [6.07, 6.45) is 3.83. The van der Waals surface area contributed by atoms with E-state index in [0.29, 0.717) is 0 Å². The predicted octanol–water partition coefficient (Wildman–Crippen LogP) is 0.318. The Hall–Kier alpha value is -1.85. The smallest absolute Gasteiger partial charge is 0.305 e. The van der Waals surface area contributed by atoms with E-state index in [2.05, 4.69) is 10.00 Å². The van der Waals surface area contributed by atoms with Crippen molar-refractivity contribution in [2.45, 2.75) is 25.8 Å². The second-order valence-corrected chi connectivity index (χ2v) is 4.11. The summed E-state index contributed by atoms with van der Waals surface area (Å²) in [5, 5.41) is 12.5. The van der Waals surface area contributed by atoms with Gasteiger partial charge in [0, 0.05) is 19.2 Å². The molecule has 1 aliphatic heterocycles. The van der Waals surface area contributed by atoms with E-state index in [-0.39, 0.29) is 18.5 Å². The molecule has 1 aromatic rings. The highest BCUT2D eigenvalue weighted by Gasteiger charge is 2.13. The van der Waals surface area contributed by atoms with Gasteiger partial charge in [-0.2, -0.15) is 5.10 Å². The maximum absolute atomic E-state index is 11.7. The van der Waals surface area contributed by atoms with Crippen molar-refractivity contribution < 1.29 is 9.90 Å². The lowest BCUT2D eigenvalue weighted by Gasteiger charge is -2.16. The highest BCUT2D eigenvalue weighted by molar-refractivity contribution is 5.66. The molecule has 1 aliphatic rings.